The summed E-state index contributed by atoms with van der Waals surface area (Å²) in [4.78, 5) is 6.48. The fourth-order valence-corrected chi connectivity index (χ4v) is 2.57. The van der Waals surface area contributed by atoms with Gasteiger partial charge < -0.3 is 15.0 Å². The zero-order valence-electron chi connectivity index (χ0n) is 12.5. The molecule has 1 atom stereocenters. The van der Waals surface area contributed by atoms with Gasteiger partial charge in [-0.1, -0.05) is 28.1 Å². The van der Waals surface area contributed by atoms with Crippen LogP contribution in [-0.2, 0) is 11.3 Å². The number of aliphatic imine (C=N–C) groups is 1. The highest BCUT2D eigenvalue weighted by Crippen LogP contribution is 2.13. The molecule has 1 saturated heterocycles. The van der Waals surface area contributed by atoms with Crippen LogP contribution in [0.4, 0.5) is 0 Å². The lowest BCUT2D eigenvalue weighted by atomic mass is 10.1. The molecule has 0 aliphatic carbocycles. The monoisotopic (exact) mass is 467 g/mol. The summed E-state index contributed by atoms with van der Waals surface area (Å²) in [6.07, 6.45) is 1.14. The van der Waals surface area contributed by atoms with E-state index in [1.807, 2.05) is 7.05 Å². The van der Waals surface area contributed by atoms with Crippen LogP contribution in [0, 0.1) is 5.92 Å². The van der Waals surface area contributed by atoms with Crippen molar-refractivity contribution in [2.45, 2.75) is 13.0 Å². The number of hydrogen-bond acceptors (Lipinski definition) is 2. The first kappa shape index (κ1) is 18.7. The number of benzene rings is 1. The van der Waals surface area contributed by atoms with E-state index in [0.29, 0.717) is 5.92 Å². The van der Waals surface area contributed by atoms with E-state index in [1.54, 1.807) is 0 Å². The second kappa shape index (κ2) is 9.63. The zero-order chi connectivity index (χ0) is 14.4. The Kier molecular flexibility index (Phi) is 8.58. The van der Waals surface area contributed by atoms with E-state index in [-0.39, 0.29) is 24.0 Å². The maximum Gasteiger partial charge on any atom is 0.193 e. The second-order valence-electron chi connectivity index (χ2n) is 5.14. The van der Waals surface area contributed by atoms with E-state index in [9.17, 15) is 0 Å². The molecule has 0 spiro atoms. The molecule has 1 aliphatic rings. The van der Waals surface area contributed by atoms with Crippen molar-refractivity contribution in [3.63, 3.8) is 0 Å². The topological polar surface area (TPSA) is 36.9 Å². The van der Waals surface area contributed by atoms with E-state index < -0.39 is 0 Å². The standard InChI is InChI=1S/C15H22BrN3O.HI/c1-17-15(18-9-13-7-8-20-11-13)19(2)10-12-3-5-14(16)6-4-12;/h3-6,13H,7-11H2,1-2H3,(H,17,18);1H. The Bertz CT molecular complexity index is 447. The van der Waals surface area contributed by atoms with Gasteiger partial charge in [-0.2, -0.15) is 0 Å². The number of guanidine groups is 1. The summed E-state index contributed by atoms with van der Waals surface area (Å²) < 4.78 is 6.50. The van der Waals surface area contributed by atoms with Gasteiger partial charge in [0.15, 0.2) is 5.96 Å². The van der Waals surface area contributed by atoms with Crippen molar-refractivity contribution >= 4 is 45.9 Å². The van der Waals surface area contributed by atoms with Crippen molar-refractivity contribution in [2.24, 2.45) is 10.9 Å². The third-order valence-corrected chi connectivity index (χ3v) is 4.01. The van der Waals surface area contributed by atoms with Gasteiger partial charge in [-0.05, 0) is 24.1 Å². The zero-order valence-corrected chi connectivity index (χ0v) is 16.4. The Morgan fingerprint density at radius 3 is 2.71 bits per heavy atom. The fraction of sp³-hybridized carbons (Fsp3) is 0.533. The van der Waals surface area contributed by atoms with E-state index in [4.69, 9.17) is 4.74 Å². The summed E-state index contributed by atoms with van der Waals surface area (Å²) in [7, 11) is 3.88. The molecular weight excluding hydrogens is 445 g/mol. The molecule has 0 amide bonds. The predicted octanol–water partition coefficient (Wildman–Crippen LogP) is 3.11. The molecule has 1 unspecified atom stereocenters. The third-order valence-electron chi connectivity index (χ3n) is 3.48. The van der Waals surface area contributed by atoms with Crippen molar-refractivity contribution in [1.29, 1.82) is 0 Å². The molecule has 1 aliphatic heterocycles. The number of hydrogen-bond donors (Lipinski definition) is 1. The van der Waals surface area contributed by atoms with Gasteiger partial charge in [-0.25, -0.2) is 0 Å². The molecule has 21 heavy (non-hydrogen) atoms. The molecule has 4 nitrogen and oxygen atoms in total. The molecule has 1 N–H and O–H groups in total. The highest BCUT2D eigenvalue weighted by Gasteiger charge is 2.16. The molecule has 0 aromatic heterocycles. The summed E-state index contributed by atoms with van der Waals surface area (Å²) in [6.45, 7) is 3.52. The van der Waals surface area contributed by atoms with Crippen LogP contribution in [0.5, 0.6) is 0 Å². The summed E-state index contributed by atoms with van der Waals surface area (Å²) >= 11 is 3.46. The Hall–Kier alpha value is -0.340. The Morgan fingerprint density at radius 2 is 2.14 bits per heavy atom. The molecule has 2 rings (SSSR count). The first-order chi connectivity index (χ1) is 9.69. The molecule has 0 saturated carbocycles. The van der Waals surface area contributed by atoms with E-state index >= 15 is 0 Å². The van der Waals surface area contributed by atoms with E-state index in [0.717, 1.165) is 43.2 Å². The van der Waals surface area contributed by atoms with Crippen LogP contribution >= 0.6 is 39.9 Å². The van der Waals surface area contributed by atoms with Gasteiger partial charge in [0.2, 0.25) is 0 Å². The maximum atomic E-state index is 5.39. The van der Waals surface area contributed by atoms with Crippen LogP contribution in [0.15, 0.2) is 33.7 Å². The molecule has 1 aromatic rings. The number of halogens is 2. The minimum absolute atomic E-state index is 0. The van der Waals surface area contributed by atoms with Crippen molar-refractivity contribution in [3.8, 4) is 0 Å². The SMILES string of the molecule is CN=C(NCC1CCOC1)N(C)Cc1ccc(Br)cc1.I. The molecule has 0 radical (unpaired) electrons. The van der Waals surface area contributed by atoms with Gasteiger partial charge in [0.1, 0.15) is 0 Å². The Balaban J connectivity index is 0.00000220. The molecule has 0 bridgehead atoms. The van der Waals surface area contributed by atoms with Crippen molar-refractivity contribution in [2.75, 3.05) is 33.9 Å². The predicted molar refractivity (Wildman–Crippen MR) is 101 cm³/mol. The first-order valence-corrected chi connectivity index (χ1v) is 7.72. The van der Waals surface area contributed by atoms with Crippen molar-refractivity contribution in [1.82, 2.24) is 10.2 Å². The number of ether oxygens (including phenoxy) is 1. The molecule has 1 heterocycles. The van der Waals surface area contributed by atoms with Gasteiger partial charge >= 0.3 is 0 Å². The third kappa shape index (κ3) is 6.12. The summed E-state index contributed by atoms with van der Waals surface area (Å²) in [5.74, 6) is 1.53. The van der Waals surface area contributed by atoms with Gasteiger partial charge in [0, 0.05) is 44.2 Å². The normalized spacial score (nSPS) is 18.2. The molecule has 6 heteroatoms. The quantitative estimate of drug-likeness (QED) is 0.420. The average Bonchev–Trinajstić information content (AvgIpc) is 2.95. The first-order valence-electron chi connectivity index (χ1n) is 6.93. The van der Waals surface area contributed by atoms with E-state index in [1.165, 1.54) is 5.56 Å². The minimum Gasteiger partial charge on any atom is -0.381 e. The summed E-state index contributed by atoms with van der Waals surface area (Å²) in [5, 5.41) is 3.43. The van der Waals surface area contributed by atoms with Crippen molar-refractivity contribution in [3.05, 3.63) is 34.3 Å². The van der Waals surface area contributed by atoms with E-state index in [2.05, 4.69) is 62.5 Å². The Morgan fingerprint density at radius 1 is 1.43 bits per heavy atom. The second-order valence-corrected chi connectivity index (χ2v) is 6.06. The van der Waals surface area contributed by atoms with Crippen LogP contribution in [-0.4, -0.2) is 44.7 Å². The Labute approximate surface area is 152 Å². The molecule has 118 valence electrons. The maximum absolute atomic E-state index is 5.39. The molecule has 1 aromatic carbocycles. The van der Waals surface area contributed by atoms with Gasteiger partial charge in [-0.15, -0.1) is 24.0 Å². The van der Waals surface area contributed by atoms with Crippen LogP contribution in [0.1, 0.15) is 12.0 Å². The highest BCUT2D eigenvalue weighted by atomic mass is 127. The molecular formula is C15H23BrIN3O. The van der Waals surface area contributed by atoms with Crippen LogP contribution < -0.4 is 5.32 Å². The lowest BCUT2D eigenvalue weighted by Gasteiger charge is -2.23. The lowest BCUT2D eigenvalue weighted by Crippen LogP contribution is -2.40. The van der Waals surface area contributed by atoms with Gasteiger partial charge in [-0.3, -0.25) is 4.99 Å². The number of nitrogens with one attached hydrogen (secondary N) is 1. The minimum atomic E-state index is 0. The molecule has 1 fully saturated rings. The smallest absolute Gasteiger partial charge is 0.193 e. The highest BCUT2D eigenvalue weighted by molar-refractivity contribution is 14.0. The van der Waals surface area contributed by atoms with Gasteiger partial charge in [0.25, 0.3) is 0 Å². The van der Waals surface area contributed by atoms with Crippen LogP contribution in [0.3, 0.4) is 0 Å². The average molecular weight is 468 g/mol. The van der Waals surface area contributed by atoms with Crippen LogP contribution in [0.25, 0.3) is 0 Å². The fourth-order valence-electron chi connectivity index (χ4n) is 2.30. The number of rotatable bonds is 4. The van der Waals surface area contributed by atoms with Gasteiger partial charge in [0.05, 0.1) is 6.61 Å². The summed E-state index contributed by atoms with van der Waals surface area (Å²) in [5.41, 5.74) is 1.27. The lowest BCUT2D eigenvalue weighted by molar-refractivity contribution is 0.186. The summed E-state index contributed by atoms with van der Waals surface area (Å²) in [6, 6.07) is 8.38. The van der Waals surface area contributed by atoms with Crippen LogP contribution in [0.2, 0.25) is 0 Å². The van der Waals surface area contributed by atoms with Crippen molar-refractivity contribution < 1.29 is 4.74 Å². The largest absolute Gasteiger partial charge is 0.381 e. The number of nitrogens with zero attached hydrogens (tertiary/aromatic N) is 2.